The minimum absolute atomic E-state index is 0.162. The molecule has 0 amide bonds. The molecule has 0 bridgehead atoms. The number of methoxy groups -OCH3 is 2. The van der Waals surface area contributed by atoms with Gasteiger partial charge in [0.05, 0.1) is 5.60 Å². The zero-order chi connectivity index (χ0) is 12.0. The minimum Gasteiger partial charge on any atom is -0.385 e. The Balaban J connectivity index is 2.40. The maximum absolute atomic E-state index is 5.69. The molecule has 0 spiro atoms. The molecule has 96 valence electrons. The number of hydrogen-bond acceptors (Lipinski definition) is 3. The number of nitrogens with one attached hydrogen (secondary N) is 1. The van der Waals surface area contributed by atoms with Gasteiger partial charge < -0.3 is 14.8 Å². The Morgan fingerprint density at radius 2 is 2.00 bits per heavy atom. The lowest BCUT2D eigenvalue weighted by atomic mass is 9.73. The molecule has 0 aromatic rings. The fourth-order valence-electron chi connectivity index (χ4n) is 2.56. The van der Waals surface area contributed by atoms with Gasteiger partial charge in [-0.2, -0.15) is 0 Å². The molecule has 0 heterocycles. The number of rotatable bonds is 8. The van der Waals surface area contributed by atoms with E-state index in [4.69, 9.17) is 9.47 Å². The Morgan fingerprint density at radius 3 is 2.38 bits per heavy atom. The molecule has 2 unspecified atom stereocenters. The monoisotopic (exact) mass is 229 g/mol. The Kier molecular flexibility index (Phi) is 5.73. The van der Waals surface area contributed by atoms with E-state index in [9.17, 15) is 0 Å². The van der Waals surface area contributed by atoms with E-state index >= 15 is 0 Å². The van der Waals surface area contributed by atoms with Gasteiger partial charge in [-0.1, -0.05) is 6.92 Å². The van der Waals surface area contributed by atoms with Gasteiger partial charge >= 0.3 is 0 Å². The first kappa shape index (κ1) is 13.9. The van der Waals surface area contributed by atoms with Gasteiger partial charge in [-0.05, 0) is 45.1 Å². The Labute approximate surface area is 99.9 Å². The van der Waals surface area contributed by atoms with Crippen molar-refractivity contribution < 1.29 is 9.47 Å². The fraction of sp³-hybridized carbons (Fsp3) is 1.00. The van der Waals surface area contributed by atoms with Crippen molar-refractivity contribution in [1.29, 1.82) is 0 Å². The zero-order valence-electron chi connectivity index (χ0n) is 11.2. The molecule has 0 radical (unpaired) electrons. The van der Waals surface area contributed by atoms with Gasteiger partial charge in [-0.3, -0.25) is 0 Å². The molecule has 0 aromatic carbocycles. The van der Waals surface area contributed by atoms with Crippen LogP contribution in [0.3, 0.4) is 0 Å². The molecule has 16 heavy (non-hydrogen) atoms. The molecule has 1 saturated carbocycles. The Hall–Kier alpha value is -0.120. The quantitative estimate of drug-likeness (QED) is 0.692. The summed E-state index contributed by atoms with van der Waals surface area (Å²) in [7, 11) is 5.67. The summed E-state index contributed by atoms with van der Waals surface area (Å²) in [5, 5.41) is 3.43. The maximum Gasteiger partial charge on any atom is 0.0693 e. The van der Waals surface area contributed by atoms with E-state index in [0.717, 1.165) is 19.4 Å². The van der Waals surface area contributed by atoms with Crippen LogP contribution in [0.15, 0.2) is 0 Å². The lowest BCUT2D eigenvalue weighted by Gasteiger charge is -2.44. The van der Waals surface area contributed by atoms with Gasteiger partial charge in [0.25, 0.3) is 0 Å². The van der Waals surface area contributed by atoms with Gasteiger partial charge in [0.15, 0.2) is 0 Å². The predicted molar refractivity (Wildman–Crippen MR) is 66.7 cm³/mol. The average molecular weight is 229 g/mol. The van der Waals surface area contributed by atoms with E-state index in [0.29, 0.717) is 12.0 Å². The molecular weight excluding hydrogens is 202 g/mol. The topological polar surface area (TPSA) is 30.5 Å². The van der Waals surface area contributed by atoms with E-state index < -0.39 is 0 Å². The van der Waals surface area contributed by atoms with Crippen LogP contribution in [-0.4, -0.2) is 39.5 Å². The molecule has 3 heteroatoms. The molecule has 0 saturated heterocycles. The Morgan fingerprint density at radius 1 is 1.31 bits per heavy atom. The van der Waals surface area contributed by atoms with Gasteiger partial charge in [0, 0.05) is 26.9 Å². The van der Waals surface area contributed by atoms with Crippen molar-refractivity contribution in [2.24, 2.45) is 5.92 Å². The van der Waals surface area contributed by atoms with Crippen LogP contribution < -0.4 is 5.32 Å². The van der Waals surface area contributed by atoms with Crippen molar-refractivity contribution in [3.05, 3.63) is 0 Å². The molecular formula is C13H27NO2. The summed E-state index contributed by atoms with van der Waals surface area (Å²) in [5.41, 5.74) is 0.162. The summed E-state index contributed by atoms with van der Waals surface area (Å²) < 4.78 is 10.8. The lowest BCUT2D eigenvalue weighted by Crippen LogP contribution is -2.47. The molecule has 2 atom stereocenters. The van der Waals surface area contributed by atoms with Crippen LogP contribution in [0.1, 0.15) is 39.0 Å². The molecule has 1 aliphatic carbocycles. The van der Waals surface area contributed by atoms with Crippen molar-refractivity contribution in [2.75, 3.05) is 27.9 Å². The van der Waals surface area contributed by atoms with Crippen molar-refractivity contribution in [3.63, 3.8) is 0 Å². The first-order valence-corrected chi connectivity index (χ1v) is 6.39. The van der Waals surface area contributed by atoms with E-state index in [1.807, 2.05) is 7.11 Å². The second kappa shape index (κ2) is 6.58. The summed E-state index contributed by atoms with van der Waals surface area (Å²) in [6, 6.07) is 0.537. The molecule has 1 fully saturated rings. The van der Waals surface area contributed by atoms with E-state index in [1.54, 1.807) is 7.11 Å². The minimum atomic E-state index is 0.162. The largest absolute Gasteiger partial charge is 0.385 e. The number of ether oxygens (including phenoxy) is 2. The lowest BCUT2D eigenvalue weighted by molar-refractivity contribution is -0.0866. The van der Waals surface area contributed by atoms with Crippen LogP contribution in [0, 0.1) is 5.92 Å². The third kappa shape index (κ3) is 3.44. The summed E-state index contributed by atoms with van der Waals surface area (Å²) in [6.45, 7) is 3.14. The molecule has 1 aliphatic rings. The van der Waals surface area contributed by atoms with E-state index in [1.165, 1.54) is 19.3 Å². The number of hydrogen-bond donors (Lipinski definition) is 1. The zero-order valence-corrected chi connectivity index (χ0v) is 11.2. The molecule has 1 N–H and O–H groups in total. The van der Waals surface area contributed by atoms with Gasteiger partial charge in [-0.25, -0.2) is 0 Å². The third-order valence-corrected chi connectivity index (χ3v) is 4.12. The molecule has 3 nitrogen and oxygen atoms in total. The van der Waals surface area contributed by atoms with Crippen LogP contribution in [0.4, 0.5) is 0 Å². The van der Waals surface area contributed by atoms with Crippen LogP contribution in [-0.2, 0) is 9.47 Å². The predicted octanol–water partition coefficient (Wildman–Crippen LogP) is 2.21. The average Bonchev–Trinajstić information content (AvgIpc) is 2.25. The van der Waals surface area contributed by atoms with Crippen LogP contribution >= 0.6 is 0 Å². The summed E-state index contributed by atoms with van der Waals surface area (Å²) in [4.78, 5) is 0. The van der Waals surface area contributed by atoms with Crippen molar-refractivity contribution in [3.8, 4) is 0 Å². The van der Waals surface area contributed by atoms with E-state index in [2.05, 4.69) is 19.3 Å². The SMILES string of the molecule is CNC(CC1(OC)CCC1)C(C)CCOC. The molecule has 1 rings (SSSR count). The van der Waals surface area contributed by atoms with Crippen molar-refractivity contribution in [2.45, 2.75) is 50.7 Å². The van der Waals surface area contributed by atoms with Crippen molar-refractivity contribution >= 4 is 0 Å². The van der Waals surface area contributed by atoms with Crippen LogP contribution in [0.25, 0.3) is 0 Å². The third-order valence-electron chi connectivity index (χ3n) is 4.12. The molecule has 0 aliphatic heterocycles. The second-order valence-electron chi connectivity index (χ2n) is 5.10. The van der Waals surface area contributed by atoms with Crippen molar-refractivity contribution in [1.82, 2.24) is 5.32 Å². The highest BCUT2D eigenvalue weighted by atomic mass is 16.5. The van der Waals surface area contributed by atoms with Gasteiger partial charge in [-0.15, -0.1) is 0 Å². The van der Waals surface area contributed by atoms with Gasteiger partial charge in [0.2, 0.25) is 0 Å². The fourth-order valence-corrected chi connectivity index (χ4v) is 2.56. The maximum atomic E-state index is 5.69. The first-order valence-electron chi connectivity index (χ1n) is 6.39. The van der Waals surface area contributed by atoms with Crippen LogP contribution in [0.2, 0.25) is 0 Å². The molecule has 0 aromatic heterocycles. The normalized spacial score (nSPS) is 22.5. The summed E-state index contributed by atoms with van der Waals surface area (Å²) in [6.07, 6.45) is 6.00. The highest BCUT2D eigenvalue weighted by Gasteiger charge is 2.39. The summed E-state index contributed by atoms with van der Waals surface area (Å²) >= 11 is 0. The second-order valence-corrected chi connectivity index (χ2v) is 5.10. The Bertz CT molecular complexity index is 187. The summed E-state index contributed by atoms with van der Waals surface area (Å²) in [5.74, 6) is 0.637. The van der Waals surface area contributed by atoms with Gasteiger partial charge in [0.1, 0.15) is 0 Å². The van der Waals surface area contributed by atoms with E-state index in [-0.39, 0.29) is 5.60 Å². The highest BCUT2D eigenvalue weighted by molar-refractivity contribution is 4.94. The smallest absolute Gasteiger partial charge is 0.0693 e. The highest BCUT2D eigenvalue weighted by Crippen LogP contribution is 2.40. The van der Waals surface area contributed by atoms with Crippen LogP contribution in [0.5, 0.6) is 0 Å². The first-order chi connectivity index (χ1) is 7.67. The standard InChI is InChI=1S/C13H27NO2/c1-11(6-9-15-3)12(14-2)10-13(16-4)7-5-8-13/h11-12,14H,5-10H2,1-4H3.